The summed E-state index contributed by atoms with van der Waals surface area (Å²) >= 11 is 1.40. The van der Waals surface area contributed by atoms with Gasteiger partial charge in [-0.15, -0.1) is 11.8 Å². The molecule has 4 rings (SSSR count). The van der Waals surface area contributed by atoms with Crippen LogP contribution in [0.25, 0.3) is 0 Å². The van der Waals surface area contributed by atoms with Crippen LogP contribution in [0.5, 0.6) is 0 Å². The third kappa shape index (κ3) is 3.62. The number of nitrogens with zero attached hydrogens (tertiary/aromatic N) is 1. The van der Waals surface area contributed by atoms with Crippen molar-refractivity contribution in [3.63, 3.8) is 0 Å². The Hall–Kier alpha value is -2.80. The molecule has 0 aromatic heterocycles. The lowest BCUT2D eigenvalue weighted by molar-refractivity contribution is -0.138. The Morgan fingerprint density at radius 1 is 1.14 bits per heavy atom. The number of hydrogen-bond donors (Lipinski definition) is 2. The number of benzene rings is 2. The van der Waals surface area contributed by atoms with Crippen molar-refractivity contribution in [1.29, 1.82) is 0 Å². The Kier molecular flexibility index (Phi) is 5.32. The van der Waals surface area contributed by atoms with Crippen LogP contribution in [0.1, 0.15) is 36.5 Å². The number of fused-ring (bicyclic) bond motifs is 1. The summed E-state index contributed by atoms with van der Waals surface area (Å²) in [6, 6.07) is 14.8. The number of urea groups is 1. The number of imide groups is 1. The fourth-order valence-electron chi connectivity index (χ4n) is 3.98. The Morgan fingerprint density at radius 3 is 2.66 bits per heavy atom. The number of aryl methyl sites for hydroxylation is 2. The molecule has 2 aromatic rings. The van der Waals surface area contributed by atoms with Gasteiger partial charge in [0.2, 0.25) is 5.91 Å². The van der Waals surface area contributed by atoms with Crippen LogP contribution in [0.3, 0.4) is 0 Å². The van der Waals surface area contributed by atoms with E-state index in [1.54, 1.807) is 12.1 Å². The van der Waals surface area contributed by atoms with Crippen LogP contribution < -0.4 is 10.7 Å². The van der Waals surface area contributed by atoms with E-state index in [4.69, 9.17) is 0 Å². The van der Waals surface area contributed by atoms with Crippen LogP contribution in [-0.2, 0) is 28.0 Å². The van der Waals surface area contributed by atoms with Crippen LogP contribution in [0, 0.1) is 0 Å². The van der Waals surface area contributed by atoms with Gasteiger partial charge in [-0.3, -0.25) is 15.0 Å². The van der Waals surface area contributed by atoms with Gasteiger partial charge in [0.05, 0.1) is 5.75 Å². The first-order valence-electron chi connectivity index (χ1n) is 9.80. The Labute approximate surface area is 174 Å². The maximum atomic E-state index is 13.0. The zero-order chi connectivity index (χ0) is 20.4. The third-order valence-electron chi connectivity index (χ3n) is 5.56. The molecule has 1 fully saturated rings. The predicted octanol–water partition coefficient (Wildman–Crippen LogP) is 3.16. The van der Waals surface area contributed by atoms with Gasteiger partial charge in [-0.2, -0.15) is 5.01 Å². The van der Waals surface area contributed by atoms with Crippen molar-refractivity contribution < 1.29 is 14.4 Å². The van der Waals surface area contributed by atoms with Crippen LogP contribution in [-0.4, -0.2) is 28.6 Å². The summed E-state index contributed by atoms with van der Waals surface area (Å²) in [6.45, 7) is 1.83. The van der Waals surface area contributed by atoms with Gasteiger partial charge < -0.3 is 5.32 Å². The molecule has 7 heteroatoms. The molecule has 29 heavy (non-hydrogen) atoms. The molecule has 1 heterocycles. The Bertz CT molecular complexity index is 963. The number of thioether (sulfide) groups is 1. The summed E-state index contributed by atoms with van der Waals surface area (Å²) < 4.78 is 0. The van der Waals surface area contributed by atoms with Crippen LogP contribution in [0.15, 0.2) is 53.4 Å². The molecule has 2 N–H and O–H groups in total. The fourth-order valence-corrected chi connectivity index (χ4v) is 4.73. The van der Waals surface area contributed by atoms with Gasteiger partial charge in [0, 0.05) is 4.90 Å². The zero-order valence-corrected chi connectivity index (χ0v) is 17.1. The van der Waals surface area contributed by atoms with Crippen molar-refractivity contribution in [2.24, 2.45) is 0 Å². The molecule has 1 atom stereocenters. The summed E-state index contributed by atoms with van der Waals surface area (Å²) in [5.74, 6) is -0.730. The minimum absolute atomic E-state index is 0.125. The van der Waals surface area contributed by atoms with Crippen molar-refractivity contribution in [2.75, 3.05) is 5.75 Å². The molecule has 4 amide bonds. The van der Waals surface area contributed by atoms with E-state index in [1.165, 1.54) is 29.3 Å². The van der Waals surface area contributed by atoms with Crippen molar-refractivity contribution >= 4 is 29.6 Å². The normalized spacial score (nSPS) is 20.5. The average Bonchev–Trinajstić information content (AvgIpc) is 3.31. The third-order valence-corrected chi connectivity index (χ3v) is 6.56. The molecule has 150 valence electrons. The lowest BCUT2D eigenvalue weighted by Crippen LogP contribution is -2.49. The first-order chi connectivity index (χ1) is 14.0. The molecular formula is C22H23N3O3S. The second-order valence-corrected chi connectivity index (χ2v) is 8.35. The largest absolute Gasteiger partial charge is 0.344 e. The zero-order valence-electron chi connectivity index (χ0n) is 16.2. The van der Waals surface area contributed by atoms with Gasteiger partial charge in [-0.1, -0.05) is 43.3 Å². The summed E-state index contributed by atoms with van der Waals surface area (Å²) in [5, 5.41) is 3.56. The molecule has 1 saturated heterocycles. The lowest BCUT2D eigenvalue weighted by atomic mass is 9.87. The second kappa shape index (κ2) is 7.91. The fraction of sp³-hybridized carbons (Fsp3) is 0.318. The molecule has 1 aliphatic carbocycles. The Morgan fingerprint density at radius 2 is 1.90 bits per heavy atom. The first kappa shape index (κ1) is 19.5. The van der Waals surface area contributed by atoms with E-state index < -0.39 is 17.5 Å². The predicted molar refractivity (Wildman–Crippen MR) is 111 cm³/mol. The maximum Gasteiger partial charge on any atom is 0.344 e. The van der Waals surface area contributed by atoms with Crippen LogP contribution >= 0.6 is 11.8 Å². The van der Waals surface area contributed by atoms with E-state index in [-0.39, 0.29) is 11.7 Å². The number of hydrazine groups is 1. The van der Waals surface area contributed by atoms with Crippen molar-refractivity contribution in [2.45, 2.75) is 43.0 Å². The quantitative estimate of drug-likeness (QED) is 0.568. The van der Waals surface area contributed by atoms with Gasteiger partial charge >= 0.3 is 6.03 Å². The Balaban J connectivity index is 1.41. The topological polar surface area (TPSA) is 78.5 Å². The smallest absolute Gasteiger partial charge is 0.318 e. The SMILES string of the molecule is CC[C@@]1(c2ccccc2)NC(=O)N(NC(=O)CSc2ccc3c(c2)CCC3)C1=O. The number of hydrogen-bond acceptors (Lipinski definition) is 4. The van der Waals surface area contributed by atoms with Gasteiger partial charge in [-0.25, -0.2) is 4.79 Å². The second-order valence-electron chi connectivity index (χ2n) is 7.30. The molecule has 2 aromatic carbocycles. The number of nitrogens with one attached hydrogen (secondary N) is 2. The number of rotatable bonds is 6. The van der Waals surface area contributed by atoms with Gasteiger partial charge in [0.15, 0.2) is 0 Å². The van der Waals surface area contributed by atoms with Gasteiger partial charge in [-0.05, 0) is 54.5 Å². The minimum atomic E-state index is -1.15. The van der Waals surface area contributed by atoms with E-state index in [0.29, 0.717) is 12.0 Å². The van der Waals surface area contributed by atoms with E-state index in [9.17, 15) is 14.4 Å². The van der Waals surface area contributed by atoms with Crippen LogP contribution in [0.2, 0.25) is 0 Å². The molecule has 0 radical (unpaired) electrons. The number of carbonyl (C=O) groups is 3. The van der Waals surface area contributed by atoms with E-state index in [2.05, 4.69) is 22.9 Å². The summed E-state index contributed by atoms with van der Waals surface area (Å²) in [6.07, 6.45) is 3.76. The lowest BCUT2D eigenvalue weighted by Gasteiger charge is -2.25. The molecule has 6 nitrogen and oxygen atoms in total. The molecule has 0 spiro atoms. The van der Waals surface area contributed by atoms with E-state index in [1.807, 2.05) is 31.2 Å². The van der Waals surface area contributed by atoms with Crippen molar-refractivity contribution in [3.8, 4) is 0 Å². The summed E-state index contributed by atoms with van der Waals surface area (Å²) in [5.41, 5.74) is 4.75. The highest BCUT2D eigenvalue weighted by Gasteiger charge is 2.52. The standard InChI is InChI=1S/C22H23N3O3S/c1-2-22(17-9-4-3-5-10-17)20(27)25(21(28)23-22)24-19(26)14-29-18-12-11-15-7-6-8-16(15)13-18/h3-5,9-13H,2,6-8,14H2,1H3,(H,23,28)(H,24,26)/t22-/m0/s1. The summed E-state index contributed by atoms with van der Waals surface area (Å²) in [4.78, 5) is 38.9. The monoisotopic (exact) mass is 409 g/mol. The molecule has 0 unspecified atom stereocenters. The first-order valence-corrected chi connectivity index (χ1v) is 10.8. The van der Waals surface area contributed by atoms with E-state index in [0.717, 1.165) is 22.7 Å². The minimum Gasteiger partial charge on any atom is -0.318 e. The molecule has 0 saturated carbocycles. The van der Waals surface area contributed by atoms with Crippen LogP contribution in [0.4, 0.5) is 4.79 Å². The molecule has 0 bridgehead atoms. The van der Waals surface area contributed by atoms with Crippen molar-refractivity contribution in [3.05, 3.63) is 65.2 Å². The molecule has 1 aliphatic heterocycles. The highest BCUT2D eigenvalue weighted by molar-refractivity contribution is 8.00. The van der Waals surface area contributed by atoms with Gasteiger partial charge in [0.1, 0.15) is 5.54 Å². The van der Waals surface area contributed by atoms with Crippen molar-refractivity contribution in [1.82, 2.24) is 15.8 Å². The van der Waals surface area contributed by atoms with Gasteiger partial charge in [0.25, 0.3) is 5.91 Å². The average molecular weight is 410 g/mol. The highest BCUT2D eigenvalue weighted by Crippen LogP contribution is 2.32. The van der Waals surface area contributed by atoms with E-state index >= 15 is 0 Å². The number of carbonyl (C=O) groups excluding carboxylic acids is 3. The molecule has 2 aliphatic rings. The number of amides is 4. The molecular weight excluding hydrogens is 386 g/mol. The maximum absolute atomic E-state index is 13.0. The summed E-state index contributed by atoms with van der Waals surface area (Å²) in [7, 11) is 0. The highest BCUT2D eigenvalue weighted by atomic mass is 32.2.